The van der Waals surface area contributed by atoms with E-state index in [4.69, 9.17) is 15.6 Å². The predicted molar refractivity (Wildman–Crippen MR) is 76.0 cm³/mol. The summed E-state index contributed by atoms with van der Waals surface area (Å²) < 4.78 is 58.1. The molecule has 0 fully saturated rings. The van der Waals surface area contributed by atoms with E-state index < -0.39 is 33.5 Å². The molecule has 0 heterocycles. The number of aliphatic carboxylic acids is 1. The summed E-state index contributed by atoms with van der Waals surface area (Å²) >= 11 is 0. The zero-order valence-corrected chi connectivity index (χ0v) is 12.4. The van der Waals surface area contributed by atoms with E-state index in [-0.39, 0.29) is 29.9 Å². The SMILES string of the molecule is N=S(=O)(CCc1ccccc1C(F)(F)F)CC[C@H](N)C(=O)O. The molecular formula is C13H17F3N2O3S. The Balaban J connectivity index is 2.72. The van der Waals surface area contributed by atoms with Gasteiger partial charge in [0.05, 0.1) is 5.56 Å². The molecule has 0 amide bonds. The fourth-order valence-corrected chi connectivity index (χ4v) is 3.22. The summed E-state index contributed by atoms with van der Waals surface area (Å²) in [5.74, 6) is -1.79. The Morgan fingerprint density at radius 3 is 2.45 bits per heavy atom. The lowest BCUT2D eigenvalue weighted by Gasteiger charge is -2.14. The molecule has 0 saturated heterocycles. The first kappa shape index (κ1) is 18.4. The van der Waals surface area contributed by atoms with Crippen LogP contribution in [-0.4, -0.2) is 32.8 Å². The summed E-state index contributed by atoms with van der Waals surface area (Å²) in [6.07, 6.45) is -4.83. The minimum absolute atomic E-state index is 0.0301. The smallest absolute Gasteiger partial charge is 0.416 e. The van der Waals surface area contributed by atoms with Gasteiger partial charge in [0.2, 0.25) is 0 Å². The summed E-state index contributed by atoms with van der Waals surface area (Å²) in [6, 6.07) is 3.68. The minimum Gasteiger partial charge on any atom is -0.480 e. The Bertz CT molecular complexity index is 630. The number of carbonyl (C=O) groups is 1. The van der Waals surface area contributed by atoms with Crippen LogP contribution in [-0.2, 0) is 27.1 Å². The van der Waals surface area contributed by atoms with Crippen molar-refractivity contribution < 1.29 is 27.3 Å². The van der Waals surface area contributed by atoms with Crippen LogP contribution in [0, 0.1) is 4.78 Å². The van der Waals surface area contributed by atoms with Crippen LogP contribution < -0.4 is 5.73 Å². The van der Waals surface area contributed by atoms with Crippen LogP contribution >= 0.6 is 0 Å². The van der Waals surface area contributed by atoms with E-state index in [0.29, 0.717) is 0 Å². The zero-order chi connectivity index (χ0) is 17.0. The van der Waals surface area contributed by atoms with E-state index in [1.54, 1.807) is 0 Å². The van der Waals surface area contributed by atoms with Gasteiger partial charge in [-0.3, -0.25) is 9.57 Å². The van der Waals surface area contributed by atoms with Gasteiger partial charge in [0.1, 0.15) is 6.04 Å². The van der Waals surface area contributed by atoms with Crippen molar-refractivity contribution in [1.82, 2.24) is 0 Å². The number of nitrogens with one attached hydrogen (secondary N) is 1. The number of alkyl halides is 3. The molecule has 0 aromatic heterocycles. The second-order valence-electron chi connectivity index (χ2n) is 4.86. The third kappa shape index (κ3) is 5.64. The van der Waals surface area contributed by atoms with Gasteiger partial charge in [0.15, 0.2) is 0 Å². The fourth-order valence-electron chi connectivity index (χ4n) is 1.83. The normalized spacial score (nSPS) is 16.0. The van der Waals surface area contributed by atoms with Crippen molar-refractivity contribution in [3.63, 3.8) is 0 Å². The van der Waals surface area contributed by atoms with E-state index in [1.807, 2.05) is 0 Å². The van der Waals surface area contributed by atoms with Gasteiger partial charge in [-0.25, -0.2) is 4.21 Å². The second kappa shape index (κ2) is 7.10. The molecule has 2 atom stereocenters. The Morgan fingerprint density at radius 2 is 1.91 bits per heavy atom. The van der Waals surface area contributed by atoms with Gasteiger partial charge >= 0.3 is 12.1 Å². The molecule has 5 nitrogen and oxygen atoms in total. The summed E-state index contributed by atoms with van der Waals surface area (Å²) in [5.41, 5.74) is 4.41. The molecule has 0 saturated carbocycles. The maximum Gasteiger partial charge on any atom is 0.416 e. The molecule has 22 heavy (non-hydrogen) atoms. The molecule has 1 rings (SSSR count). The molecule has 0 aliphatic heterocycles. The van der Waals surface area contributed by atoms with Crippen molar-refractivity contribution >= 4 is 15.7 Å². The van der Waals surface area contributed by atoms with Crippen LogP contribution in [0.3, 0.4) is 0 Å². The molecule has 9 heteroatoms. The van der Waals surface area contributed by atoms with E-state index in [1.165, 1.54) is 18.2 Å². The molecule has 0 spiro atoms. The second-order valence-corrected chi connectivity index (χ2v) is 7.30. The summed E-state index contributed by atoms with van der Waals surface area (Å²) in [4.78, 5) is 10.5. The molecule has 1 aromatic rings. The summed E-state index contributed by atoms with van der Waals surface area (Å²) in [5, 5.41) is 8.61. The molecule has 0 aliphatic rings. The molecule has 1 aromatic carbocycles. The Labute approximate surface area is 126 Å². The summed E-state index contributed by atoms with van der Waals surface area (Å²) in [6.45, 7) is 0. The first-order valence-corrected chi connectivity index (χ1v) is 8.30. The van der Waals surface area contributed by atoms with Gasteiger partial charge in [-0.15, -0.1) is 0 Å². The highest BCUT2D eigenvalue weighted by molar-refractivity contribution is 7.92. The third-order valence-corrected chi connectivity index (χ3v) is 4.86. The van der Waals surface area contributed by atoms with Crippen molar-refractivity contribution in [3.8, 4) is 0 Å². The van der Waals surface area contributed by atoms with Crippen molar-refractivity contribution in [2.45, 2.75) is 25.1 Å². The number of hydrogen-bond donors (Lipinski definition) is 3. The quantitative estimate of drug-likeness (QED) is 0.708. The minimum atomic E-state index is -4.51. The third-order valence-electron chi connectivity index (χ3n) is 3.10. The highest BCUT2D eigenvalue weighted by Crippen LogP contribution is 2.32. The Hall–Kier alpha value is -1.61. The number of halogens is 3. The van der Waals surface area contributed by atoms with E-state index in [0.717, 1.165) is 6.07 Å². The maximum atomic E-state index is 12.8. The van der Waals surface area contributed by atoms with Crippen molar-refractivity contribution in [3.05, 3.63) is 35.4 Å². The monoisotopic (exact) mass is 338 g/mol. The van der Waals surface area contributed by atoms with Crippen LogP contribution in [0.5, 0.6) is 0 Å². The number of nitrogens with two attached hydrogens (primary N) is 1. The number of rotatable bonds is 7. The number of benzene rings is 1. The number of carboxylic acids is 1. The molecular weight excluding hydrogens is 321 g/mol. The van der Waals surface area contributed by atoms with Gasteiger partial charge in [-0.05, 0) is 24.5 Å². The van der Waals surface area contributed by atoms with E-state index >= 15 is 0 Å². The van der Waals surface area contributed by atoms with Crippen LogP contribution in [0.15, 0.2) is 24.3 Å². The predicted octanol–water partition coefficient (Wildman–Crippen LogP) is 2.10. The van der Waals surface area contributed by atoms with E-state index in [9.17, 15) is 22.2 Å². The van der Waals surface area contributed by atoms with Gasteiger partial charge < -0.3 is 10.8 Å². The maximum absolute atomic E-state index is 12.8. The van der Waals surface area contributed by atoms with Gasteiger partial charge in [-0.2, -0.15) is 13.2 Å². The zero-order valence-electron chi connectivity index (χ0n) is 11.6. The van der Waals surface area contributed by atoms with Gasteiger partial charge in [0.25, 0.3) is 0 Å². The molecule has 0 radical (unpaired) electrons. The molecule has 0 aliphatic carbocycles. The van der Waals surface area contributed by atoms with Gasteiger partial charge in [0, 0.05) is 21.2 Å². The van der Waals surface area contributed by atoms with Crippen LogP contribution in [0.4, 0.5) is 13.2 Å². The topological polar surface area (TPSA) is 104 Å². The van der Waals surface area contributed by atoms with Crippen LogP contribution in [0.2, 0.25) is 0 Å². The van der Waals surface area contributed by atoms with Crippen molar-refractivity contribution in [2.75, 3.05) is 11.5 Å². The fraction of sp³-hybridized carbons (Fsp3) is 0.462. The van der Waals surface area contributed by atoms with Crippen LogP contribution in [0.25, 0.3) is 0 Å². The molecule has 0 bridgehead atoms. The first-order valence-electron chi connectivity index (χ1n) is 6.40. The largest absolute Gasteiger partial charge is 0.480 e. The number of aryl methyl sites for hydroxylation is 1. The average molecular weight is 338 g/mol. The highest BCUT2D eigenvalue weighted by atomic mass is 32.2. The highest BCUT2D eigenvalue weighted by Gasteiger charge is 2.32. The first-order chi connectivity index (χ1) is 10.0. The van der Waals surface area contributed by atoms with Crippen molar-refractivity contribution in [1.29, 1.82) is 4.78 Å². The number of carboxylic acid groups (broad SMARTS) is 1. The lowest BCUT2D eigenvalue weighted by atomic mass is 10.1. The molecule has 124 valence electrons. The van der Waals surface area contributed by atoms with Crippen molar-refractivity contribution in [2.24, 2.45) is 5.73 Å². The standard InChI is InChI=1S/C13H17F3N2O3S/c14-13(15,16)10-4-2-1-3-9(10)5-7-22(18,21)8-6-11(17)12(19)20/h1-4,11,18H,5-8,17H2,(H,19,20)/t11-,22?/m0/s1. The van der Waals surface area contributed by atoms with E-state index in [2.05, 4.69) is 0 Å². The Kier molecular flexibility index (Phi) is 5.95. The van der Waals surface area contributed by atoms with Crippen LogP contribution in [0.1, 0.15) is 17.5 Å². The van der Waals surface area contributed by atoms with Gasteiger partial charge in [-0.1, -0.05) is 18.2 Å². The average Bonchev–Trinajstić information content (AvgIpc) is 2.42. The lowest BCUT2D eigenvalue weighted by Crippen LogP contribution is -2.32. The number of hydrogen-bond acceptors (Lipinski definition) is 4. The molecule has 1 unspecified atom stereocenters. The molecule has 4 N–H and O–H groups in total. The summed E-state index contributed by atoms with van der Waals surface area (Å²) in [7, 11) is -3.18. The Morgan fingerprint density at radius 1 is 1.32 bits per heavy atom. The lowest BCUT2D eigenvalue weighted by molar-refractivity contribution is -0.139.